The Morgan fingerprint density at radius 2 is 1.67 bits per heavy atom. The number of nitrogens with zero attached hydrogens (tertiary/aromatic N) is 4. The van der Waals surface area contributed by atoms with Crippen LogP contribution >= 0.6 is 11.6 Å². The Balaban J connectivity index is 1.18. The van der Waals surface area contributed by atoms with Crippen LogP contribution in [0.5, 0.6) is 6.01 Å². The number of carbonyl (C=O) groups is 4. The first-order chi connectivity index (χ1) is 25.8. The van der Waals surface area contributed by atoms with Crippen molar-refractivity contribution in [1.82, 2.24) is 30.6 Å². The molecule has 1 aliphatic carbocycles. The number of rotatable bonds is 18. The fourth-order valence-electron chi connectivity index (χ4n) is 5.26. The number of amides is 2. The number of ether oxygens (including phenoxy) is 2. The Labute approximate surface area is 312 Å². The van der Waals surface area contributed by atoms with E-state index >= 15 is 0 Å². The molecule has 1 aliphatic rings. The molecule has 1 fully saturated rings. The first kappa shape index (κ1) is 39.4. The van der Waals surface area contributed by atoms with Crippen LogP contribution in [-0.2, 0) is 31.1 Å². The number of methoxy groups -OCH3 is 1. The quantitative estimate of drug-likeness (QED) is 0.0779. The van der Waals surface area contributed by atoms with Gasteiger partial charge in [-0.1, -0.05) is 29.8 Å². The minimum absolute atomic E-state index is 0.0216. The van der Waals surface area contributed by atoms with E-state index in [1.807, 2.05) is 24.3 Å². The summed E-state index contributed by atoms with van der Waals surface area (Å²) in [4.78, 5) is 66.6. The zero-order chi connectivity index (χ0) is 38.7. The van der Waals surface area contributed by atoms with Gasteiger partial charge in [-0.2, -0.15) is 28.1 Å². The number of ketones is 1. The Morgan fingerprint density at radius 3 is 2.31 bits per heavy atom. The minimum Gasteiger partial charge on any atom is -0.467 e. The summed E-state index contributed by atoms with van der Waals surface area (Å²) in [5.41, 5.74) is 1.66. The lowest BCUT2D eigenvalue weighted by molar-refractivity contribution is -0.154. The maximum absolute atomic E-state index is 13.1. The number of carbonyl (C=O) groups excluding carboxylic acids is 4. The van der Waals surface area contributed by atoms with Crippen molar-refractivity contribution in [2.45, 2.75) is 56.3 Å². The second-order valence-electron chi connectivity index (χ2n) is 12.3. The SMILES string of the molecule is COC(=O)[C@H](CCNC(=O)C(=O)CCCc1ccccn1)NC(=O)c1ccc(Nc2nc(NC3(c4ccc(Cl)cc4)CC3)nc(OCC(F)(F)F)n2)cc1. The largest absolute Gasteiger partial charge is 0.467 e. The van der Waals surface area contributed by atoms with Gasteiger partial charge in [0.2, 0.25) is 17.7 Å². The molecular formula is C36H36ClF3N8O6. The van der Waals surface area contributed by atoms with Gasteiger partial charge < -0.3 is 30.7 Å². The lowest BCUT2D eigenvalue weighted by atomic mass is 10.1. The van der Waals surface area contributed by atoms with Crippen molar-refractivity contribution >= 4 is 52.8 Å². The normalized spacial score (nSPS) is 13.6. The number of alkyl halides is 3. The summed E-state index contributed by atoms with van der Waals surface area (Å²) in [6.45, 7) is -1.71. The van der Waals surface area contributed by atoms with Gasteiger partial charge >= 0.3 is 18.2 Å². The van der Waals surface area contributed by atoms with E-state index in [0.717, 1.165) is 18.4 Å². The Hall–Kier alpha value is -5.84. The molecule has 284 valence electrons. The summed E-state index contributed by atoms with van der Waals surface area (Å²) >= 11 is 6.03. The standard InChI is InChI=1S/C36H36ClF3N8O6/c1-53-31(52)27(16-20-42-30(51)28(49)7-4-6-25-5-2-3-19-41-25)44-29(50)22-8-14-26(15-9-22)43-32-45-33(47-34(46-32)54-21-36(38,39)40)48-35(17-18-35)23-10-12-24(37)13-11-23/h2-3,5,8-15,19,27H,4,6-7,16-18,20-21H2,1H3,(H,42,51)(H,44,50)(H2,43,45,46,47,48)/t27-/m0/s1. The molecule has 4 N–H and O–H groups in total. The van der Waals surface area contributed by atoms with Gasteiger partial charge in [0.25, 0.3) is 11.8 Å². The fraction of sp³-hybridized carbons (Fsp3) is 0.333. The van der Waals surface area contributed by atoms with Crippen LogP contribution in [0, 0.1) is 0 Å². The zero-order valence-corrected chi connectivity index (χ0v) is 29.7. The van der Waals surface area contributed by atoms with Crippen molar-refractivity contribution < 1.29 is 41.8 Å². The molecule has 2 aromatic heterocycles. The van der Waals surface area contributed by atoms with Gasteiger partial charge in [0.15, 0.2) is 6.61 Å². The number of halogens is 4. The zero-order valence-electron chi connectivity index (χ0n) is 28.9. The second kappa shape index (κ2) is 17.8. The van der Waals surface area contributed by atoms with Gasteiger partial charge in [-0.05, 0) is 86.2 Å². The van der Waals surface area contributed by atoms with E-state index in [9.17, 15) is 32.3 Å². The molecule has 0 spiro atoms. The number of esters is 1. The number of aromatic nitrogens is 4. The van der Waals surface area contributed by atoms with Crippen LogP contribution < -0.4 is 26.0 Å². The van der Waals surface area contributed by atoms with Crippen LogP contribution in [0.3, 0.4) is 0 Å². The van der Waals surface area contributed by atoms with Gasteiger partial charge in [0.1, 0.15) is 6.04 Å². The van der Waals surface area contributed by atoms with Crippen LogP contribution in [0.25, 0.3) is 0 Å². The molecule has 0 saturated heterocycles. The summed E-state index contributed by atoms with van der Waals surface area (Å²) in [5.74, 6) is -2.97. The third-order valence-corrected chi connectivity index (χ3v) is 8.46. The van der Waals surface area contributed by atoms with Crippen LogP contribution in [0.2, 0.25) is 5.02 Å². The van der Waals surface area contributed by atoms with E-state index in [1.54, 1.807) is 24.4 Å². The van der Waals surface area contributed by atoms with E-state index in [4.69, 9.17) is 21.1 Å². The molecule has 1 atom stereocenters. The molecule has 0 unspecified atom stereocenters. The number of hydrogen-bond donors (Lipinski definition) is 4. The van der Waals surface area contributed by atoms with E-state index < -0.39 is 53.9 Å². The summed E-state index contributed by atoms with van der Waals surface area (Å²) in [6, 6.07) is 16.7. The average Bonchev–Trinajstić information content (AvgIpc) is 3.93. The third kappa shape index (κ3) is 11.6. The molecule has 14 nitrogen and oxygen atoms in total. The number of anilines is 3. The van der Waals surface area contributed by atoms with Crippen molar-refractivity contribution in [3.8, 4) is 6.01 Å². The van der Waals surface area contributed by atoms with Gasteiger partial charge in [0, 0.05) is 41.1 Å². The maximum atomic E-state index is 13.1. The van der Waals surface area contributed by atoms with E-state index in [-0.39, 0.29) is 36.8 Å². The molecule has 2 aromatic carbocycles. The van der Waals surface area contributed by atoms with Crippen molar-refractivity contribution in [1.29, 1.82) is 0 Å². The molecule has 0 aliphatic heterocycles. The van der Waals surface area contributed by atoms with Gasteiger partial charge in [0.05, 0.1) is 12.6 Å². The first-order valence-corrected chi connectivity index (χ1v) is 17.2. The van der Waals surface area contributed by atoms with Crippen molar-refractivity contribution in [2.24, 2.45) is 0 Å². The summed E-state index contributed by atoms with van der Waals surface area (Å²) in [7, 11) is 1.15. The molecule has 54 heavy (non-hydrogen) atoms. The Bertz CT molecular complexity index is 1930. The molecule has 5 rings (SSSR count). The first-order valence-electron chi connectivity index (χ1n) is 16.8. The summed E-state index contributed by atoms with van der Waals surface area (Å²) < 4.78 is 48.5. The van der Waals surface area contributed by atoms with Crippen LogP contribution in [-0.4, -0.2) is 76.0 Å². The number of pyridine rings is 1. The average molecular weight is 769 g/mol. The van der Waals surface area contributed by atoms with Crippen LogP contribution in [0.1, 0.15) is 53.7 Å². The highest BCUT2D eigenvalue weighted by atomic mass is 35.5. The van der Waals surface area contributed by atoms with E-state index in [1.165, 1.54) is 24.3 Å². The van der Waals surface area contributed by atoms with Crippen molar-refractivity contribution in [2.75, 3.05) is 30.9 Å². The molecule has 2 heterocycles. The van der Waals surface area contributed by atoms with Crippen LogP contribution in [0.15, 0.2) is 72.9 Å². The number of Topliss-reactive ketones (excluding diaryl/α,β-unsaturated/α-hetero) is 1. The summed E-state index contributed by atoms with van der Waals surface area (Å²) in [5, 5.41) is 11.6. The fourth-order valence-corrected chi connectivity index (χ4v) is 5.38. The van der Waals surface area contributed by atoms with Crippen molar-refractivity contribution in [3.05, 3.63) is 94.8 Å². The third-order valence-electron chi connectivity index (χ3n) is 8.21. The highest BCUT2D eigenvalue weighted by molar-refractivity contribution is 6.36. The predicted octanol–water partition coefficient (Wildman–Crippen LogP) is 5.08. The van der Waals surface area contributed by atoms with Crippen molar-refractivity contribution in [3.63, 3.8) is 0 Å². The highest BCUT2D eigenvalue weighted by Crippen LogP contribution is 2.48. The minimum atomic E-state index is -4.63. The number of hydrogen-bond acceptors (Lipinski definition) is 12. The molecule has 0 radical (unpaired) electrons. The second-order valence-corrected chi connectivity index (χ2v) is 12.7. The summed E-state index contributed by atoms with van der Waals surface area (Å²) in [6.07, 6.45) is -0.617. The molecular weight excluding hydrogens is 733 g/mol. The smallest absolute Gasteiger partial charge is 0.422 e. The monoisotopic (exact) mass is 768 g/mol. The van der Waals surface area contributed by atoms with Crippen LogP contribution in [0.4, 0.5) is 30.8 Å². The lowest BCUT2D eigenvalue weighted by Gasteiger charge is -2.19. The maximum Gasteiger partial charge on any atom is 0.422 e. The van der Waals surface area contributed by atoms with Gasteiger partial charge in [-0.15, -0.1) is 0 Å². The molecule has 18 heteroatoms. The topological polar surface area (TPSA) is 186 Å². The van der Waals surface area contributed by atoms with E-state index in [0.29, 0.717) is 36.4 Å². The molecule has 1 saturated carbocycles. The van der Waals surface area contributed by atoms with Gasteiger partial charge in [-0.25, -0.2) is 4.79 Å². The lowest BCUT2D eigenvalue weighted by Crippen LogP contribution is -2.44. The Kier molecular flexibility index (Phi) is 13.0. The number of nitrogens with one attached hydrogen (secondary N) is 4. The van der Waals surface area contributed by atoms with Gasteiger partial charge in [-0.3, -0.25) is 19.4 Å². The highest BCUT2D eigenvalue weighted by Gasteiger charge is 2.45. The Morgan fingerprint density at radius 1 is 0.944 bits per heavy atom. The molecule has 4 aromatic rings. The molecule has 2 amide bonds. The number of benzene rings is 2. The molecule has 0 bridgehead atoms. The predicted molar refractivity (Wildman–Crippen MR) is 190 cm³/mol. The number of aryl methyl sites for hydroxylation is 1. The van der Waals surface area contributed by atoms with E-state index in [2.05, 4.69) is 41.2 Å².